The van der Waals surface area contributed by atoms with Crippen LogP contribution in [-0.4, -0.2) is 34.9 Å². The highest BCUT2D eigenvalue weighted by Crippen LogP contribution is 2.24. The molecule has 1 aromatic heterocycles. The first-order chi connectivity index (χ1) is 14.8. The van der Waals surface area contributed by atoms with E-state index < -0.39 is 0 Å². The summed E-state index contributed by atoms with van der Waals surface area (Å²) in [6, 6.07) is 13.7. The lowest BCUT2D eigenvalue weighted by Gasteiger charge is -2.24. The number of benzene rings is 2. The number of nitrogens with one attached hydrogen (secondary N) is 2. The first-order valence-electron chi connectivity index (χ1n) is 10.6. The van der Waals surface area contributed by atoms with E-state index in [2.05, 4.69) is 29.5 Å². The third kappa shape index (κ3) is 6.28. The molecule has 0 aliphatic carbocycles. The van der Waals surface area contributed by atoms with Gasteiger partial charge in [0, 0.05) is 23.9 Å². The van der Waals surface area contributed by atoms with Crippen LogP contribution >= 0.6 is 11.3 Å². The van der Waals surface area contributed by atoms with Crippen LogP contribution in [0.1, 0.15) is 43.2 Å². The highest BCUT2D eigenvalue weighted by Gasteiger charge is 2.19. The van der Waals surface area contributed by atoms with Crippen LogP contribution in [0.3, 0.4) is 0 Å². The van der Waals surface area contributed by atoms with Crippen molar-refractivity contribution in [2.75, 3.05) is 18.4 Å². The Morgan fingerprint density at radius 2 is 1.77 bits per heavy atom. The van der Waals surface area contributed by atoms with E-state index >= 15 is 0 Å². The van der Waals surface area contributed by atoms with Crippen molar-refractivity contribution in [1.29, 1.82) is 0 Å². The molecule has 0 saturated carbocycles. The van der Waals surface area contributed by atoms with Gasteiger partial charge in [0.25, 0.3) is 5.91 Å². The van der Waals surface area contributed by atoms with Crippen molar-refractivity contribution in [3.63, 3.8) is 0 Å². The van der Waals surface area contributed by atoms with Crippen molar-refractivity contribution >= 4 is 39.7 Å². The maximum Gasteiger partial charge on any atom is 0.322 e. The fourth-order valence-corrected chi connectivity index (χ4v) is 4.02. The molecule has 0 saturated heterocycles. The summed E-state index contributed by atoms with van der Waals surface area (Å²) in [5.41, 5.74) is 1.18. The third-order valence-electron chi connectivity index (χ3n) is 4.69. The quantitative estimate of drug-likeness (QED) is 0.496. The average molecular weight is 439 g/mol. The minimum Gasteiger partial charge on any atom is -0.350 e. The molecule has 7 heteroatoms. The minimum absolute atomic E-state index is 0.174. The summed E-state index contributed by atoms with van der Waals surface area (Å²) in [5, 5.41) is 10.5. The molecule has 2 N–H and O–H groups in total. The fraction of sp³-hybridized carbons (Fsp3) is 0.375. The van der Waals surface area contributed by atoms with Gasteiger partial charge in [0.05, 0.1) is 12.2 Å². The van der Waals surface area contributed by atoms with E-state index in [1.165, 1.54) is 11.3 Å². The van der Waals surface area contributed by atoms with Crippen molar-refractivity contribution in [3.8, 4) is 0 Å². The zero-order valence-corrected chi connectivity index (χ0v) is 19.3. The Balaban J connectivity index is 1.73. The molecule has 2 aromatic carbocycles. The van der Waals surface area contributed by atoms with Gasteiger partial charge < -0.3 is 15.5 Å². The number of rotatable bonds is 8. The van der Waals surface area contributed by atoms with Crippen LogP contribution in [0.15, 0.2) is 47.8 Å². The average Bonchev–Trinajstić information content (AvgIpc) is 3.20. The highest BCUT2D eigenvalue weighted by molar-refractivity contribution is 7.09. The third-order valence-corrected chi connectivity index (χ3v) is 5.52. The van der Waals surface area contributed by atoms with E-state index in [-0.39, 0.29) is 11.9 Å². The molecule has 0 spiro atoms. The predicted octanol–water partition coefficient (Wildman–Crippen LogP) is 5.37. The van der Waals surface area contributed by atoms with Gasteiger partial charge in [-0.15, -0.1) is 11.3 Å². The number of thiazole rings is 1. The number of urea groups is 1. The number of nitrogens with zero attached hydrogens (tertiary/aromatic N) is 2. The van der Waals surface area contributed by atoms with Gasteiger partial charge in [0.1, 0.15) is 10.7 Å². The first-order valence-corrected chi connectivity index (χ1v) is 11.5. The van der Waals surface area contributed by atoms with E-state index in [9.17, 15) is 9.59 Å². The van der Waals surface area contributed by atoms with E-state index in [0.717, 1.165) is 21.5 Å². The van der Waals surface area contributed by atoms with Gasteiger partial charge in [0.2, 0.25) is 0 Å². The molecule has 0 aliphatic rings. The van der Waals surface area contributed by atoms with E-state index in [1.54, 1.807) is 10.3 Å². The highest BCUT2D eigenvalue weighted by atomic mass is 32.1. The topological polar surface area (TPSA) is 74.3 Å². The second kappa shape index (κ2) is 10.4. The van der Waals surface area contributed by atoms with Crippen LogP contribution in [0.4, 0.5) is 10.5 Å². The molecule has 6 nitrogen and oxygen atoms in total. The maximum absolute atomic E-state index is 13.1. The molecule has 0 radical (unpaired) electrons. The molecule has 3 amide bonds. The Morgan fingerprint density at radius 3 is 2.52 bits per heavy atom. The Bertz CT molecular complexity index is 1040. The molecular weight excluding hydrogens is 408 g/mol. The monoisotopic (exact) mass is 438 g/mol. The summed E-state index contributed by atoms with van der Waals surface area (Å²) in [5.74, 6) is 0.500. The van der Waals surface area contributed by atoms with E-state index in [0.29, 0.717) is 37.2 Å². The van der Waals surface area contributed by atoms with Crippen LogP contribution < -0.4 is 10.6 Å². The fourth-order valence-electron chi connectivity index (χ4n) is 3.23. The smallest absolute Gasteiger partial charge is 0.322 e. The van der Waals surface area contributed by atoms with Gasteiger partial charge >= 0.3 is 6.03 Å². The van der Waals surface area contributed by atoms with Crippen molar-refractivity contribution in [3.05, 3.63) is 58.5 Å². The molecule has 0 unspecified atom stereocenters. The Kier molecular flexibility index (Phi) is 7.63. The zero-order valence-electron chi connectivity index (χ0n) is 18.5. The first kappa shape index (κ1) is 22.7. The van der Waals surface area contributed by atoms with Crippen molar-refractivity contribution < 1.29 is 9.59 Å². The van der Waals surface area contributed by atoms with Crippen LogP contribution in [-0.2, 0) is 6.54 Å². The lowest BCUT2D eigenvalue weighted by atomic mass is 10.1. The zero-order chi connectivity index (χ0) is 22.4. The minimum atomic E-state index is -0.175. The summed E-state index contributed by atoms with van der Waals surface area (Å²) in [7, 11) is 0. The second-order valence-corrected chi connectivity index (χ2v) is 9.40. The SMILES string of the molecule is CC(C)CNC(=O)c1csc(CN(CC(C)C)C(=O)Nc2cccc3ccccc23)n1. The predicted molar refractivity (Wildman–Crippen MR) is 127 cm³/mol. The Labute approximate surface area is 187 Å². The number of hydrogen-bond donors (Lipinski definition) is 2. The van der Waals surface area contributed by atoms with Gasteiger partial charge in [-0.25, -0.2) is 9.78 Å². The molecule has 0 atom stereocenters. The molecule has 0 fully saturated rings. The lowest BCUT2D eigenvalue weighted by molar-refractivity contribution is 0.0944. The van der Waals surface area contributed by atoms with Crippen molar-refractivity contribution in [2.24, 2.45) is 11.8 Å². The van der Waals surface area contributed by atoms with Gasteiger partial charge in [-0.05, 0) is 23.3 Å². The Morgan fingerprint density at radius 1 is 1.03 bits per heavy atom. The normalized spacial score (nSPS) is 11.2. The number of anilines is 1. The summed E-state index contributed by atoms with van der Waals surface area (Å²) >= 11 is 1.40. The van der Waals surface area contributed by atoms with Crippen LogP contribution in [0.2, 0.25) is 0 Å². The van der Waals surface area contributed by atoms with E-state index in [4.69, 9.17) is 0 Å². The van der Waals surface area contributed by atoms with Crippen LogP contribution in [0.5, 0.6) is 0 Å². The Hall–Kier alpha value is -2.93. The lowest BCUT2D eigenvalue weighted by Crippen LogP contribution is -2.37. The summed E-state index contributed by atoms with van der Waals surface area (Å²) in [6.07, 6.45) is 0. The van der Waals surface area contributed by atoms with Gasteiger partial charge in [-0.2, -0.15) is 0 Å². The number of aromatic nitrogens is 1. The molecule has 0 bridgehead atoms. The summed E-state index contributed by atoms with van der Waals surface area (Å²) in [6.45, 7) is 9.80. The molecule has 0 aliphatic heterocycles. The summed E-state index contributed by atoms with van der Waals surface area (Å²) < 4.78 is 0. The molecular formula is C24H30N4O2S. The maximum atomic E-state index is 13.1. The number of fused-ring (bicyclic) bond motifs is 1. The number of hydrogen-bond acceptors (Lipinski definition) is 4. The second-order valence-electron chi connectivity index (χ2n) is 8.46. The van der Waals surface area contributed by atoms with E-state index in [1.807, 2.05) is 56.3 Å². The number of amides is 3. The van der Waals surface area contributed by atoms with Crippen molar-refractivity contribution in [1.82, 2.24) is 15.2 Å². The van der Waals surface area contributed by atoms with Crippen molar-refractivity contribution in [2.45, 2.75) is 34.2 Å². The molecule has 31 heavy (non-hydrogen) atoms. The number of carbonyl (C=O) groups is 2. The van der Waals surface area contributed by atoms with Gasteiger partial charge in [-0.3, -0.25) is 4.79 Å². The largest absolute Gasteiger partial charge is 0.350 e. The van der Waals surface area contributed by atoms with Gasteiger partial charge in [-0.1, -0.05) is 64.1 Å². The molecule has 3 aromatic rings. The van der Waals surface area contributed by atoms with Crippen LogP contribution in [0, 0.1) is 11.8 Å². The molecule has 1 heterocycles. The van der Waals surface area contributed by atoms with Crippen LogP contribution in [0.25, 0.3) is 10.8 Å². The molecule has 3 rings (SSSR count). The standard InChI is InChI=1S/C24H30N4O2S/c1-16(2)12-25-23(29)21-15-31-22(26-21)14-28(13-17(3)4)24(30)27-20-11-7-9-18-8-5-6-10-19(18)20/h5-11,15-17H,12-14H2,1-4H3,(H,25,29)(H,27,30). The summed E-state index contributed by atoms with van der Waals surface area (Å²) in [4.78, 5) is 31.6. The number of carbonyl (C=O) groups excluding carboxylic acids is 2. The van der Waals surface area contributed by atoms with Gasteiger partial charge in [0.15, 0.2) is 0 Å². The molecule has 164 valence electrons.